The molecular weight excluding hydrogens is 583 g/mol. The predicted molar refractivity (Wildman–Crippen MR) is 156 cm³/mol. The van der Waals surface area contributed by atoms with Crippen molar-refractivity contribution in [2.24, 2.45) is 0 Å². The highest BCUT2D eigenvalue weighted by Crippen LogP contribution is 2.40. The lowest BCUT2D eigenvalue weighted by molar-refractivity contribution is -0.147. The first-order chi connectivity index (χ1) is 20.3. The second-order valence-electron chi connectivity index (χ2n) is 10.8. The summed E-state index contributed by atoms with van der Waals surface area (Å²) in [7, 11) is 0. The van der Waals surface area contributed by atoms with Crippen LogP contribution in [0.5, 0.6) is 5.75 Å². The number of nitrogens with one attached hydrogen (secondary N) is 2. The first-order valence-electron chi connectivity index (χ1n) is 13.5. The van der Waals surface area contributed by atoms with Crippen LogP contribution in [-0.2, 0) is 22.6 Å². The van der Waals surface area contributed by atoms with Gasteiger partial charge in [0.15, 0.2) is 17.7 Å². The molecule has 3 unspecified atom stereocenters. The Morgan fingerprint density at radius 2 is 1.70 bits per heavy atom. The van der Waals surface area contributed by atoms with Crippen LogP contribution in [0.2, 0.25) is 0 Å². The zero-order valence-electron chi connectivity index (χ0n) is 23.7. The van der Waals surface area contributed by atoms with Crippen LogP contribution in [0.25, 0.3) is 0 Å². The van der Waals surface area contributed by atoms with Crippen LogP contribution in [0.1, 0.15) is 40.9 Å². The van der Waals surface area contributed by atoms with Crippen molar-refractivity contribution in [3.63, 3.8) is 0 Å². The number of phenols is 1. The molecule has 4 N–H and O–H groups in total. The van der Waals surface area contributed by atoms with Crippen molar-refractivity contribution in [1.82, 2.24) is 15.5 Å². The highest BCUT2D eigenvalue weighted by atomic mass is 32.2. The van der Waals surface area contributed by atoms with Crippen molar-refractivity contribution in [1.29, 1.82) is 0 Å². The molecule has 0 aromatic heterocycles. The van der Waals surface area contributed by atoms with Gasteiger partial charge in [-0.25, -0.2) is 13.2 Å². The number of nitrogens with zero attached hydrogens (tertiary/aromatic N) is 1. The molecule has 0 aliphatic carbocycles. The Labute approximate surface area is 251 Å². The average Bonchev–Trinajstić information content (AvgIpc) is 3.29. The van der Waals surface area contributed by atoms with Gasteiger partial charge in [-0.3, -0.25) is 14.4 Å². The minimum Gasteiger partial charge on any atom is -0.508 e. The quantitative estimate of drug-likeness (QED) is 0.272. The molecule has 228 valence electrons. The van der Waals surface area contributed by atoms with E-state index in [-0.39, 0.29) is 29.2 Å². The van der Waals surface area contributed by atoms with Gasteiger partial charge in [0, 0.05) is 34.0 Å². The Balaban J connectivity index is 1.56. The van der Waals surface area contributed by atoms with E-state index in [1.165, 1.54) is 34.9 Å². The van der Waals surface area contributed by atoms with Gasteiger partial charge in [0.2, 0.25) is 5.91 Å². The summed E-state index contributed by atoms with van der Waals surface area (Å²) in [6.07, 6.45) is -1.69. The van der Waals surface area contributed by atoms with Gasteiger partial charge in [0.1, 0.15) is 17.6 Å². The molecule has 12 heteroatoms. The van der Waals surface area contributed by atoms with Crippen molar-refractivity contribution >= 4 is 29.5 Å². The maximum Gasteiger partial charge on any atom is 0.254 e. The molecule has 1 heterocycles. The van der Waals surface area contributed by atoms with Crippen LogP contribution < -0.4 is 10.6 Å². The fraction of sp³-hybridized carbons (Fsp3) is 0.323. The third kappa shape index (κ3) is 7.14. The Bertz CT molecular complexity index is 1520. The van der Waals surface area contributed by atoms with E-state index in [1.807, 2.05) is 0 Å². The van der Waals surface area contributed by atoms with Gasteiger partial charge in [-0.2, -0.15) is 0 Å². The number of halogens is 3. The first kappa shape index (κ1) is 31.9. The number of amides is 3. The second kappa shape index (κ2) is 13.1. The third-order valence-electron chi connectivity index (χ3n) is 7.42. The molecule has 0 spiro atoms. The number of benzene rings is 3. The maximum atomic E-state index is 14.2. The summed E-state index contributed by atoms with van der Waals surface area (Å²) in [5.74, 6) is -5.82. The first-order valence-corrected chi connectivity index (χ1v) is 14.5. The zero-order valence-corrected chi connectivity index (χ0v) is 24.6. The molecular formula is C31H32F3N3O5S. The van der Waals surface area contributed by atoms with Crippen molar-refractivity contribution in [2.45, 2.75) is 56.7 Å². The summed E-state index contributed by atoms with van der Waals surface area (Å²) >= 11 is 1.28. The van der Waals surface area contributed by atoms with E-state index in [2.05, 4.69) is 10.6 Å². The summed E-state index contributed by atoms with van der Waals surface area (Å²) in [5.41, 5.74) is 0.941. The Kier molecular flexibility index (Phi) is 9.71. The zero-order chi connectivity index (χ0) is 31.5. The summed E-state index contributed by atoms with van der Waals surface area (Å²) in [4.78, 5) is 41.5. The molecule has 0 radical (unpaired) electrons. The van der Waals surface area contributed by atoms with Gasteiger partial charge in [-0.15, -0.1) is 11.8 Å². The van der Waals surface area contributed by atoms with Crippen molar-refractivity contribution in [3.05, 3.63) is 100 Å². The fourth-order valence-electron chi connectivity index (χ4n) is 4.96. The minimum absolute atomic E-state index is 0.0399. The monoisotopic (exact) mass is 615 g/mol. The SMILES string of the molecule is Cc1c(O)cccc1C(=O)NC(Cc1ccccc1)C(O)C(=O)N1CSC(C)(C)C1C(=O)NCc1cc(F)c(F)cc1F. The minimum atomic E-state index is -1.77. The van der Waals surface area contributed by atoms with Crippen LogP contribution in [-0.4, -0.2) is 61.6 Å². The number of hydrogen-bond acceptors (Lipinski definition) is 6. The van der Waals surface area contributed by atoms with Gasteiger partial charge in [0.05, 0.1) is 11.9 Å². The number of thioether (sulfide) groups is 1. The average molecular weight is 616 g/mol. The molecule has 1 aliphatic heterocycles. The summed E-state index contributed by atoms with van der Waals surface area (Å²) in [6, 6.07) is 12.2. The Morgan fingerprint density at radius 1 is 1.02 bits per heavy atom. The van der Waals surface area contributed by atoms with Gasteiger partial charge >= 0.3 is 0 Å². The third-order valence-corrected chi connectivity index (χ3v) is 8.79. The number of hydrogen-bond donors (Lipinski definition) is 4. The number of aliphatic hydroxyl groups is 1. The molecule has 8 nitrogen and oxygen atoms in total. The van der Waals surface area contributed by atoms with Gasteiger partial charge < -0.3 is 25.7 Å². The van der Waals surface area contributed by atoms with E-state index < -0.39 is 64.7 Å². The Morgan fingerprint density at radius 3 is 2.40 bits per heavy atom. The van der Waals surface area contributed by atoms with Crippen molar-refractivity contribution < 1.29 is 37.8 Å². The van der Waals surface area contributed by atoms with Gasteiger partial charge in [0.25, 0.3) is 11.8 Å². The Hall–Kier alpha value is -4.03. The second-order valence-corrected chi connectivity index (χ2v) is 12.4. The largest absolute Gasteiger partial charge is 0.508 e. The molecule has 1 saturated heterocycles. The number of phenolic OH excluding ortho intramolecular Hbond substituents is 1. The van der Waals surface area contributed by atoms with E-state index in [1.54, 1.807) is 51.1 Å². The fourth-order valence-corrected chi connectivity index (χ4v) is 6.10. The standard InChI is InChI=1S/C31H32F3N3O5S/c1-17-20(10-7-11-25(17)38)28(40)36-24(12-18-8-5-4-6-9-18)26(39)30(42)37-16-43-31(2,3)27(37)29(41)35-15-19-13-22(33)23(34)14-21(19)32/h4-11,13-14,24,26-27,38-39H,12,15-16H2,1-3H3,(H,35,41)(H,36,40). The van der Waals surface area contributed by atoms with E-state index in [0.29, 0.717) is 17.7 Å². The number of carbonyl (C=O) groups excluding carboxylic acids is 3. The van der Waals surface area contributed by atoms with Crippen LogP contribution >= 0.6 is 11.8 Å². The molecule has 3 aromatic carbocycles. The molecule has 0 bridgehead atoms. The number of carbonyl (C=O) groups is 3. The van der Waals surface area contributed by atoms with Gasteiger partial charge in [-0.05, 0) is 51.0 Å². The normalized spacial score (nSPS) is 17.3. The predicted octanol–water partition coefficient (Wildman–Crippen LogP) is 3.82. The molecule has 43 heavy (non-hydrogen) atoms. The highest BCUT2D eigenvalue weighted by molar-refractivity contribution is 8.00. The molecule has 1 aliphatic rings. The summed E-state index contributed by atoms with van der Waals surface area (Å²) in [6.45, 7) is 4.57. The molecule has 0 saturated carbocycles. The molecule has 4 rings (SSSR count). The van der Waals surface area contributed by atoms with Crippen LogP contribution in [0.4, 0.5) is 13.2 Å². The van der Waals surface area contributed by atoms with E-state index in [0.717, 1.165) is 5.56 Å². The lowest BCUT2D eigenvalue weighted by Crippen LogP contribution is -2.58. The number of aliphatic hydroxyl groups excluding tert-OH is 1. The van der Waals surface area contributed by atoms with Gasteiger partial charge in [-0.1, -0.05) is 36.4 Å². The smallest absolute Gasteiger partial charge is 0.254 e. The maximum absolute atomic E-state index is 14.2. The lowest BCUT2D eigenvalue weighted by atomic mass is 9.96. The van der Waals surface area contributed by atoms with Crippen molar-refractivity contribution in [2.75, 3.05) is 5.88 Å². The summed E-state index contributed by atoms with van der Waals surface area (Å²) < 4.78 is 40.3. The van der Waals surface area contributed by atoms with E-state index in [4.69, 9.17) is 0 Å². The molecule has 1 fully saturated rings. The summed E-state index contributed by atoms with van der Waals surface area (Å²) in [5, 5.41) is 26.6. The lowest BCUT2D eigenvalue weighted by Gasteiger charge is -2.33. The molecule has 3 amide bonds. The molecule has 3 atom stereocenters. The number of rotatable bonds is 9. The van der Waals surface area contributed by atoms with Crippen LogP contribution in [0.15, 0.2) is 60.7 Å². The van der Waals surface area contributed by atoms with Crippen LogP contribution in [0, 0.1) is 24.4 Å². The molecule has 3 aromatic rings. The van der Waals surface area contributed by atoms with Crippen LogP contribution in [0.3, 0.4) is 0 Å². The number of aromatic hydroxyl groups is 1. The van der Waals surface area contributed by atoms with Crippen molar-refractivity contribution in [3.8, 4) is 5.75 Å². The van der Waals surface area contributed by atoms with E-state index >= 15 is 0 Å². The highest BCUT2D eigenvalue weighted by Gasteiger charge is 2.49. The van der Waals surface area contributed by atoms with E-state index in [9.17, 15) is 37.8 Å². The topological polar surface area (TPSA) is 119 Å².